The van der Waals surface area contributed by atoms with Gasteiger partial charge in [-0.25, -0.2) is 4.79 Å². The van der Waals surface area contributed by atoms with Crippen molar-refractivity contribution in [3.05, 3.63) is 0 Å². The fourth-order valence-electron chi connectivity index (χ4n) is 1.67. The Morgan fingerprint density at radius 1 is 1.11 bits per heavy atom. The number of amides is 1. The molecule has 0 fully saturated rings. The highest BCUT2D eigenvalue weighted by molar-refractivity contribution is 5.73. The van der Waals surface area contributed by atoms with Crippen LogP contribution in [0.1, 0.15) is 52.9 Å². The summed E-state index contributed by atoms with van der Waals surface area (Å²) in [5.74, 6) is -0.368. The van der Waals surface area contributed by atoms with Crippen LogP contribution >= 0.6 is 0 Å². The summed E-state index contributed by atoms with van der Waals surface area (Å²) in [5.41, 5.74) is 0. The molecular formula is C13H25NO4. The zero-order chi connectivity index (χ0) is 14.0. The Labute approximate surface area is 109 Å². The van der Waals surface area contributed by atoms with E-state index in [4.69, 9.17) is 9.47 Å². The third-order valence-corrected chi connectivity index (χ3v) is 2.64. The summed E-state index contributed by atoms with van der Waals surface area (Å²) in [6.07, 6.45) is 3.19. The van der Waals surface area contributed by atoms with E-state index in [0.717, 1.165) is 32.1 Å². The molecule has 0 spiro atoms. The quantitative estimate of drug-likeness (QED) is 0.537. The maximum Gasteiger partial charge on any atom is 0.409 e. The molecule has 0 aliphatic carbocycles. The van der Waals surface area contributed by atoms with Crippen LogP contribution < -0.4 is 5.32 Å². The van der Waals surface area contributed by atoms with Gasteiger partial charge in [-0.15, -0.1) is 0 Å². The highest BCUT2D eigenvalue weighted by atomic mass is 16.7. The molecule has 106 valence electrons. The zero-order valence-electron chi connectivity index (χ0n) is 11.8. The number of carbonyl (C=O) groups is 2. The van der Waals surface area contributed by atoms with Crippen molar-refractivity contribution in [2.45, 2.75) is 59.2 Å². The van der Waals surface area contributed by atoms with Gasteiger partial charge in [-0.05, 0) is 12.8 Å². The van der Waals surface area contributed by atoms with E-state index in [1.165, 1.54) is 14.0 Å². The summed E-state index contributed by atoms with van der Waals surface area (Å²) in [7, 11) is 1.46. The Morgan fingerprint density at radius 3 is 2.28 bits per heavy atom. The highest BCUT2D eigenvalue weighted by Crippen LogP contribution is 2.17. The van der Waals surface area contributed by atoms with E-state index in [-0.39, 0.29) is 11.9 Å². The van der Waals surface area contributed by atoms with Crippen molar-refractivity contribution in [2.24, 2.45) is 5.92 Å². The molecule has 0 bridgehead atoms. The summed E-state index contributed by atoms with van der Waals surface area (Å²) in [6.45, 7) is 5.66. The van der Waals surface area contributed by atoms with Crippen molar-refractivity contribution in [1.82, 2.24) is 5.32 Å². The molecule has 1 N–H and O–H groups in total. The average Bonchev–Trinajstić information content (AvgIpc) is 2.33. The van der Waals surface area contributed by atoms with Gasteiger partial charge < -0.3 is 14.8 Å². The molecule has 0 radical (unpaired) electrons. The highest BCUT2D eigenvalue weighted by Gasteiger charge is 2.22. The molecule has 18 heavy (non-hydrogen) atoms. The molecule has 0 rings (SSSR count). The molecule has 0 saturated carbocycles. The van der Waals surface area contributed by atoms with Crippen molar-refractivity contribution < 1.29 is 19.1 Å². The fourth-order valence-corrected chi connectivity index (χ4v) is 1.67. The van der Waals surface area contributed by atoms with Crippen LogP contribution in [-0.4, -0.2) is 25.4 Å². The maximum atomic E-state index is 11.9. The predicted molar refractivity (Wildman–Crippen MR) is 69.0 cm³/mol. The van der Waals surface area contributed by atoms with Crippen LogP contribution in [0.5, 0.6) is 0 Å². The molecule has 5 nitrogen and oxygen atoms in total. The van der Waals surface area contributed by atoms with Crippen LogP contribution in [0.15, 0.2) is 0 Å². The molecule has 5 heteroatoms. The van der Waals surface area contributed by atoms with Crippen molar-refractivity contribution in [1.29, 1.82) is 0 Å². The fraction of sp³-hybridized carbons (Fsp3) is 0.846. The van der Waals surface area contributed by atoms with E-state index in [2.05, 4.69) is 12.2 Å². The van der Waals surface area contributed by atoms with E-state index in [1.54, 1.807) is 0 Å². The smallest absolute Gasteiger partial charge is 0.409 e. The standard InChI is InChI=1S/C13H25NO4/c1-5-7-9-11(8-6-2)12(15)17-10(3)18-13(16)14-4/h10-11H,5-9H2,1-4H3,(H,14,16). The first-order chi connectivity index (χ1) is 8.54. The Kier molecular flexibility index (Phi) is 9.06. The van der Waals surface area contributed by atoms with Gasteiger partial charge in [-0.2, -0.15) is 0 Å². The first-order valence-electron chi connectivity index (χ1n) is 6.63. The minimum Gasteiger partial charge on any atom is -0.425 e. The average molecular weight is 259 g/mol. The summed E-state index contributed by atoms with van der Waals surface area (Å²) in [4.78, 5) is 22.8. The Morgan fingerprint density at radius 2 is 1.78 bits per heavy atom. The normalized spacial score (nSPS) is 13.6. The molecule has 0 saturated heterocycles. The Bertz CT molecular complexity index is 255. The van der Waals surface area contributed by atoms with E-state index >= 15 is 0 Å². The number of esters is 1. The first-order valence-corrected chi connectivity index (χ1v) is 6.63. The lowest BCUT2D eigenvalue weighted by Gasteiger charge is -2.18. The molecular weight excluding hydrogens is 234 g/mol. The van der Waals surface area contributed by atoms with Crippen LogP contribution in [0.25, 0.3) is 0 Å². The lowest BCUT2D eigenvalue weighted by atomic mass is 9.97. The zero-order valence-corrected chi connectivity index (χ0v) is 11.8. The molecule has 0 aliphatic rings. The third-order valence-electron chi connectivity index (χ3n) is 2.64. The Balaban J connectivity index is 4.18. The molecule has 2 atom stereocenters. The minimum atomic E-state index is -0.849. The van der Waals surface area contributed by atoms with Gasteiger partial charge >= 0.3 is 12.1 Å². The first kappa shape index (κ1) is 16.7. The molecule has 1 amide bonds. The van der Waals surface area contributed by atoms with Gasteiger partial charge in [-0.1, -0.05) is 33.1 Å². The lowest BCUT2D eigenvalue weighted by Crippen LogP contribution is -2.30. The summed E-state index contributed by atoms with van der Waals surface area (Å²) >= 11 is 0. The molecule has 0 heterocycles. The van der Waals surface area contributed by atoms with Gasteiger partial charge in [-0.3, -0.25) is 4.79 Å². The van der Waals surface area contributed by atoms with Gasteiger partial charge in [0.2, 0.25) is 6.29 Å². The second-order valence-corrected chi connectivity index (χ2v) is 4.29. The van der Waals surface area contributed by atoms with E-state index < -0.39 is 12.4 Å². The van der Waals surface area contributed by atoms with Crippen LogP contribution in [-0.2, 0) is 14.3 Å². The molecule has 2 unspecified atom stereocenters. The summed E-state index contributed by atoms with van der Waals surface area (Å²) in [6, 6.07) is 0. The van der Waals surface area contributed by atoms with Crippen LogP contribution in [0, 0.1) is 5.92 Å². The van der Waals surface area contributed by atoms with Crippen LogP contribution in [0.3, 0.4) is 0 Å². The number of carbonyl (C=O) groups excluding carboxylic acids is 2. The maximum absolute atomic E-state index is 11.9. The van der Waals surface area contributed by atoms with Gasteiger partial charge in [0.25, 0.3) is 0 Å². The van der Waals surface area contributed by atoms with Gasteiger partial charge in [0.15, 0.2) is 0 Å². The number of hydrogen-bond acceptors (Lipinski definition) is 4. The van der Waals surface area contributed by atoms with Crippen molar-refractivity contribution >= 4 is 12.1 Å². The predicted octanol–water partition coefficient (Wildman–Crippen LogP) is 2.84. The second-order valence-electron chi connectivity index (χ2n) is 4.29. The van der Waals surface area contributed by atoms with E-state index in [9.17, 15) is 9.59 Å². The minimum absolute atomic E-state index is 0.0920. The molecule has 0 aromatic heterocycles. The SMILES string of the molecule is CCCCC(CCC)C(=O)OC(C)OC(=O)NC. The number of rotatable bonds is 8. The number of alkyl carbamates (subject to hydrolysis) is 1. The van der Waals surface area contributed by atoms with Crippen LogP contribution in [0.2, 0.25) is 0 Å². The van der Waals surface area contributed by atoms with E-state index in [1.807, 2.05) is 6.92 Å². The largest absolute Gasteiger partial charge is 0.425 e. The van der Waals surface area contributed by atoms with Crippen LogP contribution in [0.4, 0.5) is 4.79 Å². The number of nitrogens with one attached hydrogen (secondary N) is 1. The Hall–Kier alpha value is -1.26. The topological polar surface area (TPSA) is 64.6 Å². The van der Waals surface area contributed by atoms with Gasteiger partial charge in [0.1, 0.15) is 0 Å². The summed E-state index contributed by atoms with van der Waals surface area (Å²) in [5, 5.41) is 2.31. The van der Waals surface area contributed by atoms with Crippen molar-refractivity contribution in [3.8, 4) is 0 Å². The van der Waals surface area contributed by atoms with Crippen molar-refractivity contribution in [2.75, 3.05) is 7.05 Å². The third kappa shape index (κ3) is 7.14. The molecule has 0 aromatic rings. The monoisotopic (exact) mass is 259 g/mol. The number of unbranched alkanes of at least 4 members (excludes halogenated alkanes) is 1. The van der Waals surface area contributed by atoms with Gasteiger partial charge in [0, 0.05) is 14.0 Å². The van der Waals surface area contributed by atoms with Crippen molar-refractivity contribution in [3.63, 3.8) is 0 Å². The second kappa shape index (κ2) is 9.74. The van der Waals surface area contributed by atoms with E-state index in [0.29, 0.717) is 0 Å². The lowest BCUT2D eigenvalue weighted by molar-refractivity contribution is -0.170. The van der Waals surface area contributed by atoms with Gasteiger partial charge in [0.05, 0.1) is 5.92 Å². The summed E-state index contributed by atoms with van der Waals surface area (Å²) < 4.78 is 9.92. The number of ether oxygens (including phenoxy) is 2. The number of hydrogen-bond donors (Lipinski definition) is 1. The molecule has 0 aliphatic heterocycles. The molecule has 0 aromatic carbocycles.